The van der Waals surface area contributed by atoms with Crippen LogP contribution in [0.2, 0.25) is 0 Å². The van der Waals surface area contributed by atoms with Gasteiger partial charge in [0.25, 0.3) is 0 Å². The molecule has 0 aromatic carbocycles. The van der Waals surface area contributed by atoms with Gasteiger partial charge in [-0.25, -0.2) is 0 Å². The van der Waals surface area contributed by atoms with Gasteiger partial charge in [0.05, 0.1) is 13.2 Å². The fourth-order valence-electron chi connectivity index (χ4n) is 0.710. The van der Waals surface area contributed by atoms with Crippen LogP contribution < -0.4 is 0 Å². The molecule has 1 radical (unpaired) electrons. The first-order chi connectivity index (χ1) is 4.86. The summed E-state index contributed by atoms with van der Waals surface area (Å²) in [4.78, 5) is 3.00. The molecular formula is C7H7N2O. The Morgan fingerprint density at radius 3 is 3.20 bits per heavy atom. The smallest absolute Gasteiger partial charge is 0.307 e. The van der Waals surface area contributed by atoms with E-state index in [-0.39, 0.29) is 0 Å². The summed E-state index contributed by atoms with van der Waals surface area (Å²) in [6.07, 6.45) is 6.72. The largest absolute Gasteiger partial charge is 0.500 e. The normalized spacial score (nSPS) is 16.1. The van der Waals surface area contributed by atoms with Crippen molar-refractivity contribution in [3.63, 3.8) is 0 Å². The average Bonchev–Trinajstić information content (AvgIpc) is 2.05. The van der Waals surface area contributed by atoms with E-state index in [1.807, 2.05) is 0 Å². The van der Waals surface area contributed by atoms with Crippen LogP contribution in [0.1, 0.15) is 6.42 Å². The topological polar surface area (TPSA) is 45.6 Å². The highest BCUT2D eigenvalue weighted by atomic mass is 16.5. The van der Waals surface area contributed by atoms with Crippen LogP contribution in [-0.2, 0) is 4.74 Å². The Kier molecular flexibility index (Phi) is 2.03. The molecule has 0 N–H and O–H groups in total. The Morgan fingerprint density at radius 1 is 1.80 bits per heavy atom. The third-order valence-corrected chi connectivity index (χ3v) is 1.24. The lowest BCUT2D eigenvalue weighted by molar-refractivity contribution is -0.00727. The van der Waals surface area contributed by atoms with E-state index >= 15 is 0 Å². The number of rotatable bonds is 1. The van der Waals surface area contributed by atoms with Crippen molar-refractivity contribution in [1.29, 1.82) is 0 Å². The predicted molar refractivity (Wildman–Crippen MR) is 36.1 cm³/mol. The van der Waals surface area contributed by atoms with Crippen molar-refractivity contribution in [3.05, 3.63) is 29.5 Å². The molecule has 0 unspecified atom stereocenters. The van der Waals surface area contributed by atoms with Gasteiger partial charge in [-0.3, -0.25) is 0 Å². The molecule has 0 atom stereocenters. The Bertz CT molecular complexity index is 234. The number of allylic oxidation sites excluding steroid dienone is 4. The molecule has 10 heavy (non-hydrogen) atoms. The summed E-state index contributed by atoms with van der Waals surface area (Å²) in [5.41, 5.74) is 8.83. The van der Waals surface area contributed by atoms with E-state index < -0.39 is 0 Å². The van der Waals surface area contributed by atoms with Gasteiger partial charge >= 0.3 is 5.71 Å². The fraction of sp³-hybridized carbons (Fsp3) is 0.286. The highest BCUT2D eigenvalue weighted by Crippen LogP contribution is 2.07. The molecule has 1 aliphatic carbocycles. The van der Waals surface area contributed by atoms with Gasteiger partial charge in [-0.1, -0.05) is 0 Å². The lowest BCUT2D eigenvalue weighted by Crippen LogP contribution is -2.03. The molecule has 3 nitrogen and oxygen atoms in total. The van der Waals surface area contributed by atoms with Gasteiger partial charge in [0.2, 0.25) is 0 Å². The van der Waals surface area contributed by atoms with Gasteiger partial charge in [0, 0.05) is 0 Å². The summed E-state index contributed by atoms with van der Waals surface area (Å²) in [5, 5.41) is 0. The van der Waals surface area contributed by atoms with E-state index in [1.165, 1.54) is 0 Å². The van der Waals surface area contributed by atoms with Crippen molar-refractivity contribution in [3.8, 4) is 0 Å². The van der Waals surface area contributed by atoms with E-state index in [4.69, 9.17) is 10.3 Å². The molecule has 0 saturated heterocycles. The van der Waals surface area contributed by atoms with E-state index in [9.17, 15) is 0 Å². The molecule has 1 aliphatic rings. The van der Waals surface area contributed by atoms with Gasteiger partial charge in [0.1, 0.15) is 12.2 Å². The Morgan fingerprint density at radius 2 is 2.60 bits per heavy atom. The molecule has 0 fully saturated rings. The van der Waals surface area contributed by atoms with Gasteiger partial charge < -0.3 is 10.3 Å². The van der Waals surface area contributed by atoms with E-state index in [0.717, 1.165) is 5.76 Å². The first-order valence-corrected chi connectivity index (χ1v) is 2.90. The Hall–Kier alpha value is -1.34. The number of ether oxygens (including phenoxy) is 1. The zero-order chi connectivity index (χ0) is 7.40. The van der Waals surface area contributed by atoms with Crippen molar-refractivity contribution >= 4 is 5.71 Å². The van der Waals surface area contributed by atoms with Crippen molar-refractivity contribution in [2.24, 2.45) is 0 Å². The van der Waals surface area contributed by atoms with Gasteiger partial charge in [-0.2, -0.15) is 4.79 Å². The fourth-order valence-corrected chi connectivity index (χ4v) is 0.710. The minimum atomic E-state index is 0.499. The molecule has 0 aromatic rings. The number of hydrogen-bond acceptors (Lipinski definition) is 1. The summed E-state index contributed by atoms with van der Waals surface area (Å²) in [6.45, 7) is 0. The predicted octanol–water partition coefficient (Wildman–Crippen LogP) is 0.951. The van der Waals surface area contributed by atoms with Crippen LogP contribution in [0.15, 0.2) is 17.9 Å². The van der Waals surface area contributed by atoms with Crippen LogP contribution in [-0.4, -0.2) is 17.6 Å². The molecule has 0 spiro atoms. The molecule has 0 saturated carbocycles. The third kappa shape index (κ3) is 1.33. The lowest BCUT2D eigenvalue weighted by Gasteiger charge is -2.02. The van der Waals surface area contributed by atoms with E-state index in [1.54, 1.807) is 19.3 Å². The summed E-state index contributed by atoms with van der Waals surface area (Å²) in [7, 11) is 1.58. The molecule has 0 aromatic heterocycles. The number of hydrogen-bond donors (Lipinski definition) is 0. The number of nitrogens with zero attached hydrogens (tertiary/aromatic N) is 2. The first kappa shape index (κ1) is 6.78. The second-order valence-corrected chi connectivity index (χ2v) is 1.87. The van der Waals surface area contributed by atoms with Crippen LogP contribution >= 0.6 is 0 Å². The quantitative estimate of drug-likeness (QED) is 0.390. The molecule has 0 amide bonds. The van der Waals surface area contributed by atoms with Crippen LogP contribution in [0.4, 0.5) is 0 Å². The maximum atomic E-state index is 8.33. The van der Waals surface area contributed by atoms with Crippen molar-refractivity contribution in [1.82, 2.24) is 0 Å². The van der Waals surface area contributed by atoms with Crippen LogP contribution in [0.25, 0.3) is 5.53 Å². The van der Waals surface area contributed by atoms with E-state index in [0.29, 0.717) is 12.1 Å². The second kappa shape index (κ2) is 2.99. The SMILES string of the molecule is COC1=CC=[C]C(=[N+]=[N-])C1. The van der Waals surface area contributed by atoms with Crippen molar-refractivity contribution in [2.75, 3.05) is 7.11 Å². The molecular weight excluding hydrogens is 128 g/mol. The number of methoxy groups -OCH3 is 1. The van der Waals surface area contributed by atoms with Gasteiger partial charge in [-0.05, 0) is 12.2 Å². The molecule has 3 heteroatoms. The summed E-state index contributed by atoms with van der Waals surface area (Å²) >= 11 is 0. The minimum absolute atomic E-state index is 0.499. The molecule has 51 valence electrons. The van der Waals surface area contributed by atoms with Crippen molar-refractivity contribution < 1.29 is 9.53 Å². The molecule has 0 bridgehead atoms. The van der Waals surface area contributed by atoms with Gasteiger partial charge in [0.15, 0.2) is 0 Å². The second-order valence-electron chi connectivity index (χ2n) is 1.87. The Labute approximate surface area is 59.2 Å². The molecule has 1 rings (SSSR count). The zero-order valence-corrected chi connectivity index (χ0v) is 5.66. The van der Waals surface area contributed by atoms with Crippen LogP contribution in [0.3, 0.4) is 0 Å². The highest BCUT2D eigenvalue weighted by Gasteiger charge is 2.11. The maximum Gasteiger partial charge on any atom is 0.307 e. The zero-order valence-electron chi connectivity index (χ0n) is 5.66. The highest BCUT2D eigenvalue weighted by molar-refractivity contribution is 5.89. The van der Waals surface area contributed by atoms with Crippen LogP contribution in [0.5, 0.6) is 0 Å². The average molecular weight is 135 g/mol. The van der Waals surface area contributed by atoms with E-state index in [2.05, 4.69) is 10.9 Å². The Balaban J connectivity index is 2.77. The summed E-state index contributed by atoms with van der Waals surface area (Å²) in [6, 6.07) is 0. The monoisotopic (exact) mass is 135 g/mol. The standard InChI is InChI=1S/C7H7N2O/c1-10-7-4-2-3-6(5-7)9-8/h2,4H,5H2,1H3. The lowest BCUT2D eigenvalue weighted by atomic mass is 10.1. The molecule has 0 heterocycles. The maximum absolute atomic E-state index is 8.33. The van der Waals surface area contributed by atoms with Crippen LogP contribution in [0, 0.1) is 6.08 Å². The van der Waals surface area contributed by atoms with Gasteiger partial charge in [-0.15, -0.1) is 0 Å². The summed E-state index contributed by atoms with van der Waals surface area (Å²) < 4.78 is 4.92. The minimum Gasteiger partial charge on any atom is -0.500 e. The third-order valence-electron chi connectivity index (χ3n) is 1.24. The summed E-state index contributed by atoms with van der Waals surface area (Å²) in [5.74, 6) is 0.784. The van der Waals surface area contributed by atoms with Crippen molar-refractivity contribution in [2.45, 2.75) is 6.42 Å². The molecule has 0 aliphatic heterocycles. The first-order valence-electron chi connectivity index (χ1n) is 2.90.